The van der Waals surface area contributed by atoms with E-state index < -0.39 is 0 Å². The number of benzene rings is 3. The van der Waals surface area contributed by atoms with Gasteiger partial charge >= 0.3 is 5.63 Å². The number of carbonyl (C=O) groups excluding carboxylic acids is 1. The Morgan fingerprint density at radius 1 is 1.00 bits per heavy atom. The van der Waals surface area contributed by atoms with Gasteiger partial charge < -0.3 is 9.15 Å². The number of carbonyl (C=O) groups is 1. The molecule has 0 N–H and O–H groups in total. The summed E-state index contributed by atoms with van der Waals surface area (Å²) in [6.45, 7) is 2.22. The fraction of sp³-hybridized carbons (Fsp3) is 0.154. The van der Waals surface area contributed by atoms with Crippen molar-refractivity contribution in [1.82, 2.24) is 0 Å². The lowest BCUT2D eigenvalue weighted by Gasteiger charge is -2.24. The molecule has 1 aliphatic heterocycles. The number of fused-ring (bicyclic) bond motifs is 1. The summed E-state index contributed by atoms with van der Waals surface area (Å²) in [6, 6.07) is 24.8. The molecule has 5 rings (SSSR count). The number of thioether (sulfide) groups is 1. The Morgan fingerprint density at radius 2 is 1.78 bits per heavy atom. The van der Waals surface area contributed by atoms with Crippen LogP contribution in [0.4, 0.5) is 5.69 Å². The van der Waals surface area contributed by atoms with Gasteiger partial charge in [0.05, 0.1) is 5.75 Å². The molecule has 1 saturated heterocycles. The number of ether oxygens (including phenoxy) is 1. The number of aryl methyl sites for hydroxylation is 1. The van der Waals surface area contributed by atoms with E-state index in [1.165, 1.54) is 6.07 Å². The lowest BCUT2D eigenvalue weighted by molar-refractivity contribution is -0.115. The number of hydrogen-bond donors (Lipinski definition) is 0. The standard InChI is InChI=1S/C26H21NO4S/c1-17-7-12-22-19(14-25(29)31-23(22)13-17)15-30-21-10-8-18(9-11-21)26-27(24(28)16-32-26)20-5-3-2-4-6-20/h2-14,26H,15-16H2,1H3. The fourth-order valence-electron chi connectivity index (χ4n) is 3.88. The second-order valence-electron chi connectivity index (χ2n) is 7.71. The Labute approximate surface area is 189 Å². The van der Waals surface area contributed by atoms with Crippen molar-refractivity contribution in [3.05, 3.63) is 106 Å². The molecule has 1 amide bonds. The first-order chi connectivity index (χ1) is 15.6. The maximum Gasteiger partial charge on any atom is 0.336 e. The Hall–Kier alpha value is -3.51. The van der Waals surface area contributed by atoms with Gasteiger partial charge in [0.25, 0.3) is 0 Å². The smallest absolute Gasteiger partial charge is 0.336 e. The van der Waals surface area contributed by atoms with Crippen LogP contribution in [-0.2, 0) is 11.4 Å². The third-order valence-corrected chi connectivity index (χ3v) is 6.66. The fourth-order valence-corrected chi connectivity index (χ4v) is 5.06. The van der Waals surface area contributed by atoms with Crippen LogP contribution in [0, 0.1) is 6.92 Å². The van der Waals surface area contributed by atoms with Crippen molar-refractivity contribution >= 4 is 34.3 Å². The van der Waals surface area contributed by atoms with E-state index in [2.05, 4.69) is 0 Å². The first kappa shape index (κ1) is 20.4. The maximum atomic E-state index is 12.5. The molecule has 0 radical (unpaired) electrons. The average Bonchev–Trinajstić information content (AvgIpc) is 3.19. The molecule has 0 saturated carbocycles. The van der Waals surface area contributed by atoms with Crippen molar-refractivity contribution in [1.29, 1.82) is 0 Å². The molecule has 1 unspecified atom stereocenters. The molecule has 4 aromatic rings. The highest BCUT2D eigenvalue weighted by Crippen LogP contribution is 2.42. The third kappa shape index (κ3) is 4.01. The van der Waals surface area contributed by atoms with Crippen molar-refractivity contribution in [2.45, 2.75) is 18.9 Å². The van der Waals surface area contributed by atoms with Gasteiger partial charge in [0.1, 0.15) is 23.3 Å². The number of amides is 1. The van der Waals surface area contributed by atoms with Gasteiger partial charge in [-0.3, -0.25) is 9.69 Å². The normalized spacial score (nSPS) is 16.0. The SMILES string of the molecule is Cc1ccc2c(COc3ccc(C4SCC(=O)N4c4ccccc4)cc3)cc(=O)oc2c1. The van der Waals surface area contributed by atoms with Gasteiger partial charge in [-0.1, -0.05) is 42.5 Å². The maximum absolute atomic E-state index is 12.5. The van der Waals surface area contributed by atoms with Crippen molar-refractivity contribution in [2.75, 3.05) is 10.7 Å². The number of anilines is 1. The van der Waals surface area contributed by atoms with E-state index in [0.717, 1.165) is 27.8 Å². The average molecular weight is 444 g/mol. The Kier molecular flexibility index (Phi) is 5.45. The van der Waals surface area contributed by atoms with E-state index in [4.69, 9.17) is 9.15 Å². The summed E-state index contributed by atoms with van der Waals surface area (Å²) in [4.78, 5) is 26.3. The second kappa shape index (κ2) is 8.55. The van der Waals surface area contributed by atoms with Gasteiger partial charge in [-0.25, -0.2) is 4.79 Å². The van der Waals surface area contributed by atoms with E-state index in [9.17, 15) is 9.59 Å². The van der Waals surface area contributed by atoms with Crippen LogP contribution >= 0.6 is 11.8 Å². The molecule has 1 atom stereocenters. The van der Waals surface area contributed by atoms with Crippen LogP contribution in [0.15, 0.2) is 88.1 Å². The van der Waals surface area contributed by atoms with Gasteiger partial charge in [0.15, 0.2) is 0 Å². The molecule has 0 spiro atoms. The quantitative estimate of drug-likeness (QED) is 0.384. The minimum Gasteiger partial charge on any atom is -0.489 e. The van der Waals surface area contributed by atoms with Gasteiger partial charge in [-0.2, -0.15) is 0 Å². The zero-order valence-corrected chi connectivity index (χ0v) is 18.3. The first-order valence-corrected chi connectivity index (χ1v) is 11.4. The monoisotopic (exact) mass is 443 g/mol. The van der Waals surface area contributed by atoms with E-state index in [1.54, 1.807) is 11.8 Å². The largest absolute Gasteiger partial charge is 0.489 e. The molecule has 6 heteroatoms. The predicted molar refractivity (Wildman–Crippen MR) is 127 cm³/mol. The number of hydrogen-bond acceptors (Lipinski definition) is 5. The highest BCUT2D eigenvalue weighted by atomic mass is 32.2. The summed E-state index contributed by atoms with van der Waals surface area (Å²) >= 11 is 1.62. The lowest BCUT2D eigenvalue weighted by Crippen LogP contribution is -2.27. The molecule has 0 bridgehead atoms. The molecular formula is C26H21NO4S. The summed E-state index contributed by atoms with van der Waals surface area (Å²) in [7, 11) is 0. The topological polar surface area (TPSA) is 59.8 Å². The highest BCUT2D eigenvalue weighted by molar-refractivity contribution is 8.00. The minimum atomic E-state index is -0.388. The third-order valence-electron chi connectivity index (χ3n) is 5.45. The first-order valence-electron chi connectivity index (χ1n) is 10.3. The molecular weight excluding hydrogens is 422 g/mol. The van der Waals surface area contributed by atoms with Gasteiger partial charge in [-0.05, 0) is 48.4 Å². The second-order valence-corrected chi connectivity index (χ2v) is 8.78. The van der Waals surface area contributed by atoms with Crippen LogP contribution in [0.1, 0.15) is 22.1 Å². The molecule has 3 aromatic carbocycles. The molecule has 1 fully saturated rings. The Morgan fingerprint density at radius 3 is 2.56 bits per heavy atom. The molecule has 1 aliphatic rings. The van der Waals surface area contributed by atoms with Crippen LogP contribution in [0.2, 0.25) is 0 Å². The summed E-state index contributed by atoms with van der Waals surface area (Å²) in [6.07, 6.45) is 0. The Balaban J connectivity index is 1.34. The van der Waals surface area contributed by atoms with Crippen LogP contribution in [0.5, 0.6) is 5.75 Å². The number of para-hydroxylation sites is 1. The van der Waals surface area contributed by atoms with Crippen LogP contribution < -0.4 is 15.3 Å². The summed E-state index contributed by atoms with van der Waals surface area (Å²) in [5.41, 5.74) is 3.93. The van der Waals surface area contributed by atoms with Gasteiger partial charge in [0, 0.05) is 22.7 Å². The molecule has 5 nitrogen and oxygen atoms in total. The van der Waals surface area contributed by atoms with Crippen molar-refractivity contribution in [3.8, 4) is 5.75 Å². The van der Waals surface area contributed by atoms with Crippen LogP contribution in [0.25, 0.3) is 11.0 Å². The Bertz CT molecular complexity index is 1330. The number of nitrogens with zero attached hydrogens (tertiary/aromatic N) is 1. The van der Waals surface area contributed by atoms with Crippen molar-refractivity contribution in [3.63, 3.8) is 0 Å². The van der Waals surface area contributed by atoms with Crippen molar-refractivity contribution < 1.29 is 13.9 Å². The minimum absolute atomic E-state index is 0.0649. The van der Waals surface area contributed by atoms with Crippen molar-refractivity contribution in [2.24, 2.45) is 0 Å². The zero-order valence-electron chi connectivity index (χ0n) is 17.5. The van der Waals surface area contributed by atoms with Gasteiger partial charge in [0.2, 0.25) is 5.91 Å². The van der Waals surface area contributed by atoms with E-state index in [1.807, 2.05) is 84.6 Å². The molecule has 160 valence electrons. The van der Waals surface area contributed by atoms with Crippen LogP contribution in [0.3, 0.4) is 0 Å². The number of rotatable bonds is 5. The molecule has 1 aromatic heterocycles. The van der Waals surface area contributed by atoms with E-state index in [-0.39, 0.29) is 23.5 Å². The lowest BCUT2D eigenvalue weighted by atomic mass is 10.1. The zero-order chi connectivity index (χ0) is 22.1. The summed E-state index contributed by atoms with van der Waals surface area (Å²) in [5.74, 6) is 1.26. The highest BCUT2D eigenvalue weighted by Gasteiger charge is 2.33. The van der Waals surface area contributed by atoms with E-state index >= 15 is 0 Å². The molecule has 2 heterocycles. The summed E-state index contributed by atoms with van der Waals surface area (Å²) in [5, 5.41) is 0.802. The molecule has 32 heavy (non-hydrogen) atoms. The van der Waals surface area contributed by atoms with Gasteiger partial charge in [-0.15, -0.1) is 11.8 Å². The predicted octanol–water partition coefficient (Wildman–Crippen LogP) is 5.46. The van der Waals surface area contributed by atoms with Crippen LogP contribution in [-0.4, -0.2) is 11.7 Å². The summed E-state index contributed by atoms with van der Waals surface area (Å²) < 4.78 is 11.3. The van der Waals surface area contributed by atoms with E-state index in [0.29, 0.717) is 17.1 Å². The molecule has 0 aliphatic carbocycles.